The lowest BCUT2D eigenvalue weighted by Gasteiger charge is -1.82. The number of hydrogen-bond acceptors (Lipinski definition) is 3. The van der Waals surface area contributed by atoms with Crippen LogP contribution in [0.5, 0.6) is 5.75 Å². The first-order valence-corrected chi connectivity index (χ1v) is 3.43. The van der Waals surface area contributed by atoms with Crippen LogP contribution < -0.4 is 0 Å². The summed E-state index contributed by atoms with van der Waals surface area (Å²) in [6.45, 7) is 0. The summed E-state index contributed by atoms with van der Waals surface area (Å²) in [6, 6.07) is 8.71. The standard InChI is InChI=1S/C6H6O.C2H3N3.H2O/c7-6-4-2-1-3-5-6;1-2-4-5-3-1;/h1-5,7H;1-2H,(H,3,4,5);1H2. The van der Waals surface area contributed by atoms with E-state index < -0.39 is 0 Å². The number of rotatable bonds is 0. The number of H-pyrrole nitrogens is 1. The molecule has 5 heteroatoms. The first-order chi connectivity index (χ1) is 5.89. The third-order valence-corrected chi connectivity index (χ3v) is 1.09. The van der Waals surface area contributed by atoms with E-state index in [4.69, 9.17) is 5.11 Å². The molecule has 5 nitrogen and oxygen atoms in total. The Bertz CT molecular complexity index is 266. The molecule has 0 atom stereocenters. The number of para-hydroxylation sites is 1. The second-order valence-electron chi connectivity index (χ2n) is 1.99. The second kappa shape index (κ2) is 6.81. The molecule has 0 amide bonds. The zero-order chi connectivity index (χ0) is 8.65. The molecule has 1 aromatic carbocycles. The monoisotopic (exact) mass is 181 g/mol. The summed E-state index contributed by atoms with van der Waals surface area (Å²) >= 11 is 0. The van der Waals surface area contributed by atoms with Crippen molar-refractivity contribution in [3.63, 3.8) is 0 Å². The molecule has 0 unspecified atom stereocenters. The van der Waals surface area contributed by atoms with Crippen LogP contribution in [0.2, 0.25) is 0 Å². The van der Waals surface area contributed by atoms with Gasteiger partial charge in [-0.2, -0.15) is 15.4 Å². The van der Waals surface area contributed by atoms with Gasteiger partial charge in [-0.15, -0.1) is 0 Å². The highest BCUT2D eigenvalue weighted by Crippen LogP contribution is 2.02. The van der Waals surface area contributed by atoms with Gasteiger partial charge in [0, 0.05) is 0 Å². The number of benzene rings is 1. The molecule has 0 saturated carbocycles. The fourth-order valence-corrected chi connectivity index (χ4v) is 0.595. The predicted octanol–water partition coefficient (Wildman–Crippen LogP) is 0.372. The molecule has 0 fully saturated rings. The quantitative estimate of drug-likeness (QED) is 0.614. The van der Waals surface area contributed by atoms with Gasteiger partial charge in [-0.3, -0.25) is 0 Å². The fraction of sp³-hybridized carbons (Fsp3) is 0. The van der Waals surface area contributed by atoms with Crippen molar-refractivity contribution < 1.29 is 10.6 Å². The highest BCUT2D eigenvalue weighted by atomic mass is 16.3. The van der Waals surface area contributed by atoms with Crippen molar-refractivity contribution >= 4 is 0 Å². The molecule has 0 bridgehead atoms. The number of hydrogen-bond donors (Lipinski definition) is 2. The third-order valence-electron chi connectivity index (χ3n) is 1.09. The number of nitrogens with one attached hydrogen (secondary N) is 1. The van der Waals surface area contributed by atoms with Gasteiger partial charge in [0.1, 0.15) is 5.75 Å². The van der Waals surface area contributed by atoms with Crippen LogP contribution in [0.1, 0.15) is 0 Å². The molecule has 70 valence electrons. The van der Waals surface area contributed by atoms with Gasteiger partial charge < -0.3 is 10.6 Å². The summed E-state index contributed by atoms with van der Waals surface area (Å²) in [5, 5.41) is 18.0. The number of aromatic nitrogens is 3. The van der Waals surface area contributed by atoms with Crippen LogP contribution in [0.4, 0.5) is 0 Å². The second-order valence-corrected chi connectivity index (χ2v) is 1.99. The summed E-state index contributed by atoms with van der Waals surface area (Å²) in [5.74, 6) is 0.322. The highest BCUT2D eigenvalue weighted by molar-refractivity contribution is 5.18. The minimum Gasteiger partial charge on any atom is -0.508 e. The molecule has 0 aliphatic heterocycles. The minimum atomic E-state index is 0. The molecule has 2 rings (SSSR count). The number of aromatic amines is 1. The maximum atomic E-state index is 8.63. The van der Waals surface area contributed by atoms with Crippen molar-refractivity contribution in [2.24, 2.45) is 0 Å². The molecule has 0 radical (unpaired) electrons. The molecule has 0 aliphatic carbocycles. The normalized spacial score (nSPS) is 7.69. The maximum absolute atomic E-state index is 8.63. The van der Waals surface area contributed by atoms with Crippen LogP contribution in [0.15, 0.2) is 42.7 Å². The van der Waals surface area contributed by atoms with Crippen LogP contribution in [0.25, 0.3) is 0 Å². The van der Waals surface area contributed by atoms with Gasteiger partial charge in [0.2, 0.25) is 0 Å². The zero-order valence-electron chi connectivity index (χ0n) is 6.88. The van der Waals surface area contributed by atoms with Crippen LogP contribution in [-0.4, -0.2) is 26.0 Å². The smallest absolute Gasteiger partial charge is 0.115 e. The molecular formula is C8H11N3O2. The Morgan fingerprint density at radius 3 is 1.77 bits per heavy atom. The van der Waals surface area contributed by atoms with E-state index in [1.807, 2.05) is 6.07 Å². The predicted molar refractivity (Wildman–Crippen MR) is 48.1 cm³/mol. The van der Waals surface area contributed by atoms with Gasteiger partial charge in [0.15, 0.2) is 0 Å². The Morgan fingerprint density at radius 1 is 1.00 bits per heavy atom. The summed E-state index contributed by atoms with van der Waals surface area (Å²) in [5.41, 5.74) is 0. The van der Waals surface area contributed by atoms with Gasteiger partial charge in [-0.25, -0.2) is 0 Å². The molecule has 2 aromatic rings. The Balaban J connectivity index is 0.000000215. The average molecular weight is 181 g/mol. The number of phenols is 1. The third kappa shape index (κ3) is 5.40. The van der Waals surface area contributed by atoms with E-state index in [9.17, 15) is 0 Å². The number of aromatic hydroxyl groups is 1. The van der Waals surface area contributed by atoms with Gasteiger partial charge >= 0.3 is 0 Å². The highest BCUT2D eigenvalue weighted by Gasteiger charge is 1.74. The van der Waals surface area contributed by atoms with Crippen LogP contribution in [0, 0.1) is 0 Å². The van der Waals surface area contributed by atoms with E-state index in [0.29, 0.717) is 5.75 Å². The Labute approximate surface area is 75.4 Å². The Kier molecular flexibility index (Phi) is 5.82. The molecule has 1 heterocycles. The summed E-state index contributed by atoms with van der Waals surface area (Å²) in [7, 11) is 0. The average Bonchev–Trinajstić information content (AvgIpc) is 2.62. The molecule has 0 spiro atoms. The maximum Gasteiger partial charge on any atom is 0.115 e. The lowest BCUT2D eigenvalue weighted by atomic mass is 10.3. The Morgan fingerprint density at radius 2 is 1.54 bits per heavy atom. The molecule has 1 aromatic heterocycles. The molecule has 0 saturated heterocycles. The van der Waals surface area contributed by atoms with Crippen molar-refractivity contribution in [1.29, 1.82) is 0 Å². The molecule has 13 heavy (non-hydrogen) atoms. The first kappa shape index (κ1) is 11.1. The van der Waals surface area contributed by atoms with E-state index in [1.165, 1.54) is 0 Å². The van der Waals surface area contributed by atoms with E-state index in [1.54, 1.807) is 36.7 Å². The van der Waals surface area contributed by atoms with Crippen molar-refractivity contribution in [2.75, 3.05) is 0 Å². The summed E-state index contributed by atoms with van der Waals surface area (Å²) in [4.78, 5) is 0. The molecule has 4 N–H and O–H groups in total. The van der Waals surface area contributed by atoms with Gasteiger partial charge in [0.05, 0.1) is 12.4 Å². The van der Waals surface area contributed by atoms with Gasteiger partial charge in [-0.1, -0.05) is 18.2 Å². The van der Waals surface area contributed by atoms with Gasteiger partial charge in [-0.05, 0) is 12.1 Å². The van der Waals surface area contributed by atoms with Crippen molar-refractivity contribution in [2.45, 2.75) is 0 Å². The number of phenolic OH excluding ortho intramolecular Hbond substituents is 1. The van der Waals surface area contributed by atoms with Crippen molar-refractivity contribution in [1.82, 2.24) is 15.4 Å². The summed E-state index contributed by atoms with van der Waals surface area (Å²) < 4.78 is 0. The van der Waals surface area contributed by atoms with Crippen molar-refractivity contribution in [3.05, 3.63) is 42.7 Å². The van der Waals surface area contributed by atoms with E-state index >= 15 is 0 Å². The Hall–Kier alpha value is -1.88. The van der Waals surface area contributed by atoms with Crippen LogP contribution >= 0.6 is 0 Å². The lowest BCUT2D eigenvalue weighted by molar-refractivity contribution is 0.475. The minimum absolute atomic E-state index is 0. The van der Waals surface area contributed by atoms with Crippen molar-refractivity contribution in [3.8, 4) is 5.75 Å². The van der Waals surface area contributed by atoms with E-state index in [-0.39, 0.29) is 5.48 Å². The van der Waals surface area contributed by atoms with E-state index in [0.717, 1.165) is 0 Å². The summed E-state index contributed by atoms with van der Waals surface area (Å²) in [6.07, 6.45) is 3.17. The SMILES string of the molecule is O.Oc1ccccc1.c1cn[nH]n1. The van der Waals surface area contributed by atoms with Gasteiger partial charge in [0.25, 0.3) is 0 Å². The van der Waals surface area contributed by atoms with E-state index in [2.05, 4.69) is 15.4 Å². The zero-order valence-corrected chi connectivity index (χ0v) is 6.88. The van der Waals surface area contributed by atoms with Crippen LogP contribution in [-0.2, 0) is 0 Å². The van der Waals surface area contributed by atoms with Crippen LogP contribution in [0.3, 0.4) is 0 Å². The fourth-order valence-electron chi connectivity index (χ4n) is 0.595. The lowest BCUT2D eigenvalue weighted by Crippen LogP contribution is -1.61. The number of nitrogens with zero attached hydrogens (tertiary/aromatic N) is 2. The molecular weight excluding hydrogens is 170 g/mol. The molecule has 0 aliphatic rings. The first-order valence-electron chi connectivity index (χ1n) is 3.43. The topological polar surface area (TPSA) is 93.3 Å². The largest absolute Gasteiger partial charge is 0.508 e.